The number of nitrogens with two attached hydrogens (primary N) is 1. The smallest absolute Gasteiger partial charge is 0.139 e. The van der Waals surface area contributed by atoms with Gasteiger partial charge in [0, 0.05) is 18.2 Å². The van der Waals surface area contributed by atoms with Gasteiger partial charge in [-0.2, -0.15) is 4.37 Å². The molecule has 0 spiro atoms. The Morgan fingerprint density at radius 3 is 2.64 bits per heavy atom. The molecule has 0 saturated heterocycles. The highest BCUT2D eigenvalue weighted by molar-refractivity contribution is 7.10. The Bertz CT molecular complexity index is 293. The van der Waals surface area contributed by atoms with Gasteiger partial charge in [0.05, 0.1) is 0 Å². The van der Waals surface area contributed by atoms with Gasteiger partial charge in [-0.1, -0.05) is 0 Å². The molecule has 0 fully saturated rings. The van der Waals surface area contributed by atoms with Gasteiger partial charge in [-0.25, -0.2) is 0 Å². The maximum Gasteiger partial charge on any atom is 0.139 e. The van der Waals surface area contributed by atoms with Crippen LogP contribution in [0.15, 0.2) is 6.07 Å². The first-order valence-corrected chi connectivity index (χ1v) is 5.32. The zero-order valence-electron chi connectivity index (χ0n) is 9.16. The lowest BCUT2D eigenvalue weighted by molar-refractivity contribution is 0.210. The molecule has 0 aliphatic rings. The monoisotopic (exact) mass is 214 g/mol. The van der Waals surface area contributed by atoms with Crippen LogP contribution in [0.1, 0.15) is 13.8 Å². The summed E-state index contributed by atoms with van der Waals surface area (Å²) in [5, 5.41) is 4.35. The summed E-state index contributed by atoms with van der Waals surface area (Å²) in [6.07, 6.45) is 0. The molecule has 80 valence electrons. The fraction of sp³-hybridized carbons (Fsp3) is 0.667. The van der Waals surface area contributed by atoms with E-state index in [1.807, 2.05) is 6.07 Å². The summed E-state index contributed by atoms with van der Waals surface area (Å²) >= 11 is 1.40. The summed E-state index contributed by atoms with van der Waals surface area (Å²) in [5.41, 5.74) is 5.65. The Morgan fingerprint density at radius 2 is 2.21 bits per heavy atom. The first-order valence-electron chi connectivity index (χ1n) is 4.55. The van der Waals surface area contributed by atoms with E-state index in [1.165, 1.54) is 11.5 Å². The minimum atomic E-state index is 0.124. The molecule has 1 aromatic rings. The van der Waals surface area contributed by atoms with Gasteiger partial charge >= 0.3 is 0 Å². The van der Waals surface area contributed by atoms with Crippen LogP contribution in [0.2, 0.25) is 0 Å². The number of hydrogen-bond acceptors (Lipinski definition) is 5. The second-order valence-electron chi connectivity index (χ2n) is 4.18. The van der Waals surface area contributed by atoms with Crippen molar-refractivity contribution in [3.05, 3.63) is 6.07 Å². The Morgan fingerprint density at radius 1 is 1.57 bits per heavy atom. The zero-order valence-corrected chi connectivity index (χ0v) is 9.98. The highest BCUT2D eigenvalue weighted by Crippen LogP contribution is 2.19. The van der Waals surface area contributed by atoms with Crippen LogP contribution in [0.25, 0.3) is 0 Å². The van der Waals surface area contributed by atoms with E-state index >= 15 is 0 Å². The molecular formula is C9H18N4S. The molecule has 1 rings (SSSR count). The summed E-state index contributed by atoms with van der Waals surface area (Å²) in [5.74, 6) is 0.583. The largest absolute Gasteiger partial charge is 0.383 e. The highest BCUT2D eigenvalue weighted by Gasteiger charge is 2.19. The lowest BCUT2D eigenvalue weighted by Crippen LogP contribution is -2.44. The lowest BCUT2D eigenvalue weighted by atomic mass is 10.0. The molecule has 1 heterocycles. The lowest BCUT2D eigenvalue weighted by Gasteiger charge is -2.32. The van der Waals surface area contributed by atoms with Gasteiger partial charge in [0.2, 0.25) is 0 Å². The molecule has 0 atom stereocenters. The average Bonchev–Trinajstić information content (AvgIpc) is 2.48. The van der Waals surface area contributed by atoms with Crippen molar-refractivity contribution in [2.24, 2.45) is 0 Å². The highest BCUT2D eigenvalue weighted by atomic mass is 32.1. The predicted molar refractivity (Wildman–Crippen MR) is 62.8 cm³/mol. The number of nitrogens with zero attached hydrogens (tertiary/aromatic N) is 2. The molecule has 5 heteroatoms. The number of nitrogens with one attached hydrogen (secondary N) is 1. The molecule has 1 aromatic heterocycles. The molecule has 0 bridgehead atoms. The molecule has 0 radical (unpaired) electrons. The van der Waals surface area contributed by atoms with Gasteiger partial charge in [-0.15, -0.1) is 0 Å². The second-order valence-corrected chi connectivity index (χ2v) is 4.98. The normalized spacial score (nSPS) is 12.1. The molecule has 14 heavy (non-hydrogen) atoms. The van der Waals surface area contributed by atoms with E-state index in [9.17, 15) is 0 Å². The maximum atomic E-state index is 5.53. The minimum absolute atomic E-state index is 0.124. The van der Waals surface area contributed by atoms with E-state index in [0.717, 1.165) is 11.5 Å². The average molecular weight is 214 g/mol. The number of likely N-dealkylation sites (N-methyl/N-ethyl adjacent to an activating group) is 1. The van der Waals surface area contributed by atoms with E-state index in [4.69, 9.17) is 5.73 Å². The van der Waals surface area contributed by atoms with Crippen LogP contribution in [0.4, 0.5) is 10.8 Å². The number of aromatic nitrogens is 1. The predicted octanol–water partition coefficient (Wildman–Crippen LogP) is 1.48. The quantitative estimate of drug-likeness (QED) is 0.797. The zero-order chi connectivity index (χ0) is 10.8. The third kappa shape index (κ3) is 2.85. The number of rotatable bonds is 4. The first kappa shape index (κ1) is 11.3. The van der Waals surface area contributed by atoms with Gasteiger partial charge in [0.25, 0.3) is 0 Å². The summed E-state index contributed by atoms with van der Waals surface area (Å²) < 4.78 is 4.01. The van der Waals surface area contributed by atoms with E-state index in [0.29, 0.717) is 5.82 Å². The van der Waals surface area contributed by atoms with Crippen LogP contribution in [-0.4, -0.2) is 35.5 Å². The van der Waals surface area contributed by atoms with Crippen LogP contribution in [0, 0.1) is 0 Å². The second kappa shape index (κ2) is 4.14. The van der Waals surface area contributed by atoms with Gasteiger partial charge in [-0.05, 0) is 39.5 Å². The fourth-order valence-corrected chi connectivity index (χ4v) is 1.40. The number of nitrogen functional groups attached to an aromatic ring is 1. The number of hydrogen-bond donors (Lipinski definition) is 2. The molecular weight excluding hydrogens is 196 g/mol. The maximum absolute atomic E-state index is 5.53. The molecule has 0 amide bonds. The van der Waals surface area contributed by atoms with Crippen LogP contribution in [0.5, 0.6) is 0 Å². The molecule has 0 saturated carbocycles. The van der Waals surface area contributed by atoms with Crippen molar-refractivity contribution in [3.63, 3.8) is 0 Å². The van der Waals surface area contributed by atoms with Crippen molar-refractivity contribution < 1.29 is 0 Å². The summed E-state index contributed by atoms with van der Waals surface area (Å²) in [7, 11) is 4.14. The van der Waals surface area contributed by atoms with Gasteiger partial charge < -0.3 is 16.0 Å². The standard InChI is InChI=1S/C9H18N4S/c1-9(2,13(3)4)6-11-8-5-7(10)12-14-8/h5,11H,6H2,1-4H3,(H2,10,12). The molecule has 0 aliphatic heterocycles. The van der Waals surface area contributed by atoms with Crippen molar-refractivity contribution in [2.75, 3.05) is 31.7 Å². The van der Waals surface area contributed by atoms with Crippen molar-refractivity contribution in [1.82, 2.24) is 9.27 Å². The summed E-state index contributed by atoms with van der Waals surface area (Å²) in [6, 6.07) is 1.86. The van der Waals surface area contributed by atoms with Crippen LogP contribution < -0.4 is 11.1 Å². The Balaban J connectivity index is 2.48. The SMILES string of the molecule is CN(C)C(C)(C)CNc1cc(N)ns1. The fourth-order valence-electron chi connectivity index (χ4n) is 0.834. The van der Waals surface area contributed by atoms with E-state index in [2.05, 4.69) is 42.5 Å². The first-order chi connectivity index (χ1) is 6.42. The van der Waals surface area contributed by atoms with Gasteiger partial charge in [-0.3, -0.25) is 0 Å². The molecule has 3 N–H and O–H groups in total. The van der Waals surface area contributed by atoms with Crippen LogP contribution in [0.3, 0.4) is 0 Å². The number of anilines is 2. The Hall–Kier alpha value is -0.810. The Kier molecular flexibility index (Phi) is 3.34. The van der Waals surface area contributed by atoms with Gasteiger partial charge in [0.1, 0.15) is 10.8 Å². The third-order valence-corrected chi connectivity index (χ3v) is 3.20. The molecule has 0 unspecified atom stereocenters. The van der Waals surface area contributed by atoms with Gasteiger partial charge in [0.15, 0.2) is 0 Å². The minimum Gasteiger partial charge on any atom is -0.383 e. The van der Waals surface area contributed by atoms with Crippen molar-refractivity contribution in [3.8, 4) is 0 Å². The van der Waals surface area contributed by atoms with Crippen LogP contribution in [-0.2, 0) is 0 Å². The Labute approximate surface area is 89.3 Å². The van der Waals surface area contributed by atoms with E-state index in [-0.39, 0.29) is 5.54 Å². The van der Waals surface area contributed by atoms with Crippen molar-refractivity contribution in [1.29, 1.82) is 0 Å². The van der Waals surface area contributed by atoms with Crippen molar-refractivity contribution in [2.45, 2.75) is 19.4 Å². The van der Waals surface area contributed by atoms with E-state index in [1.54, 1.807) is 0 Å². The summed E-state index contributed by atoms with van der Waals surface area (Å²) in [4.78, 5) is 2.18. The van der Waals surface area contributed by atoms with Crippen molar-refractivity contribution >= 4 is 22.4 Å². The molecule has 0 aliphatic carbocycles. The summed E-state index contributed by atoms with van der Waals surface area (Å²) in [6.45, 7) is 5.25. The van der Waals surface area contributed by atoms with E-state index < -0.39 is 0 Å². The molecule has 4 nitrogen and oxygen atoms in total. The molecule has 0 aromatic carbocycles. The van der Waals surface area contributed by atoms with Crippen LogP contribution >= 0.6 is 11.5 Å². The topological polar surface area (TPSA) is 54.2 Å². The third-order valence-electron chi connectivity index (χ3n) is 2.43.